The molecule has 2 rings (SSSR count). The van der Waals surface area contributed by atoms with Crippen molar-refractivity contribution < 1.29 is 4.74 Å². The largest absolute Gasteiger partial charge is 0.377 e. The molecule has 0 unspecified atom stereocenters. The molecule has 2 aliphatic rings. The summed E-state index contributed by atoms with van der Waals surface area (Å²) in [6.45, 7) is 20.7. The molecule has 0 amide bonds. The first-order valence-corrected chi connectivity index (χ1v) is 7.25. The Morgan fingerprint density at radius 1 is 0.889 bits per heavy atom. The second kappa shape index (κ2) is 4.46. The maximum Gasteiger partial charge on any atom is 0.0671 e. The number of hydrogen-bond donors (Lipinski definition) is 0. The van der Waals surface area contributed by atoms with E-state index in [0.29, 0.717) is 11.0 Å². The molecule has 0 aliphatic carbocycles. The van der Waals surface area contributed by atoms with Crippen LogP contribution in [0.2, 0.25) is 0 Å². The van der Waals surface area contributed by atoms with E-state index in [1.807, 2.05) is 0 Å². The maximum absolute atomic E-state index is 5.38. The molecule has 18 heavy (non-hydrogen) atoms. The lowest BCUT2D eigenvalue weighted by Gasteiger charge is -2.55. The lowest BCUT2D eigenvalue weighted by Crippen LogP contribution is -2.67. The molecule has 0 spiro atoms. The van der Waals surface area contributed by atoms with Crippen LogP contribution in [0.25, 0.3) is 0 Å². The predicted molar refractivity (Wildman–Crippen MR) is 75.9 cm³/mol. The molecule has 0 bridgehead atoms. The van der Waals surface area contributed by atoms with E-state index in [4.69, 9.17) is 4.74 Å². The minimum absolute atomic E-state index is 0.260. The first-order chi connectivity index (χ1) is 8.17. The van der Waals surface area contributed by atoms with Crippen molar-refractivity contribution in [2.24, 2.45) is 5.41 Å². The summed E-state index contributed by atoms with van der Waals surface area (Å²) in [6.07, 6.45) is 0. The molecular formula is C15H30N2O. The SMILES string of the molecule is CC1(N2CCN(C(C)(C)C(C)(C)C)CC2)COC1. The highest BCUT2D eigenvalue weighted by Gasteiger charge is 2.44. The third-order valence-electron chi connectivity index (χ3n) is 5.50. The standard InChI is InChI=1S/C15H30N2O/c1-13(2,3)14(4,5)16-7-9-17(10-8-16)15(6)11-18-12-15/h7-12H2,1-6H3. The molecule has 0 aromatic rings. The highest BCUT2D eigenvalue weighted by atomic mass is 16.5. The van der Waals surface area contributed by atoms with Crippen molar-refractivity contribution in [2.45, 2.75) is 52.6 Å². The normalized spacial score (nSPS) is 27.0. The van der Waals surface area contributed by atoms with Crippen LogP contribution >= 0.6 is 0 Å². The van der Waals surface area contributed by atoms with Gasteiger partial charge in [0.25, 0.3) is 0 Å². The zero-order chi connectivity index (χ0) is 13.6. The van der Waals surface area contributed by atoms with Crippen LogP contribution in [0.5, 0.6) is 0 Å². The van der Waals surface area contributed by atoms with Gasteiger partial charge in [-0.15, -0.1) is 0 Å². The number of rotatable bonds is 2. The van der Waals surface area contributed by atoms with Gasteiger partial charge in [-0.2, -0.15) is 0 Å². The fourth-order valence-electron chi connectivity index (χ4n) is 2.86. The molecule has 0 atom stereocenters. The van der Waals surface area contributed by atoms with E-state index in [1.165, 1.54) is 26.2 Å². The Bertz CT molecular complexity index is 294. The predicted octanol–water partition coefficient (Wildman–Crippen LogP) is 2.22. The van der Waals surface area contributed by atoms with Crippen LogP contribution in [0.1, 0.15) is 41.5 Å². The Morgan fingerprint density at radius 2 is 1.39 bits per heavy atom. The molecule has 2 saturated heterocycles. The maximum atomic E-state index is 5.38. The zero-order valence-corrected chi connectivity index (χ0v) is 13.0. The number of ether oxygens (including phenoxy) is 1. The summed E-state index contributed by atoms with van der Waals surface area (Å²) in [5, 5.41) is 0. The Balaban J connectivity index is 1.94. The molecule has 106 valence electrons. The number of piperazine rings is 1. The third-order valence-corrected chi connectivity index (χ3v) is 5.50. The Morgan fingerprint density at radius 3 is 1.72 bits per heavy atom. The summed E-state index contributed by atoms with van der Waals surface area (Å²) >= 11 is 0. The first-order valence-electron chi connectivity index (χ1n) is 7.25. The molecule has 3 heteroatoms. The lowest BCUT2D eigenvalue weighted by molar-refractivity contribution is -0.147. The average Bonchev–Trinajstić information content (AvgIpc) is 2.24. The van der Waals surface area contributed by atoms with Crippen LogP contribution < -0.4 is 0 Å². The molecule has 2 heterocycles. The van der Waals surface area contributed by atoms with Gasteiger partial charge in [0.1, 0.15) is 0 Å². The fourth-order valence-corrected chi connectivity index (χ4v) is 2.86. The van der Waals surface area contributed by atoms with Gasteiger partial charge in [-0.3, -0.25) is 9.80 Å². The monoisotopic (exact) mass is 254 g/mol. The summed E-state index contributed by atoms with van der Waals surface area (Å²) < 4.78 is 5.38. The van der Waals surface area contributed by atoms with Crippen molar-refractivity contribution in [3.63, 3.8) is 0 Å². The number of hydrogen-bond acceptors (Lipinski definition) is 3. The summed E-state index contributed by atoms with van der Waals surface area (Å²) in [4.78, 5) is 5.28. The second-order valence-corrected chi connectivity index (χ2v) is 7.77. The van der Waals surface area contributed by atoms with E-state index in [1.54, 1.807) is 0 Å². The molecule has 2 aliphatic heterocycles. The zero-order valence-electron chi connectivity index (χ0n) is 13.0. The highest BCUT2D eigenvalue weighted by Crippen LogP contribution is 2.36. The van der Waals surface area contributed by atoms with Gasteiger partial charge in [0.2, 0.25) is 0 Å². The topological polar surface area (TPSA) is 15.7 Å². The average molecular weight is 254 g/mol. The van der Waals surface area contributed by atoms with Crippen LogP contribution in [-0.2, 0) is 4.74 Å². The first kappa shape index (κ1) is 14.3. The molecule has 0 saturated carbocycles. The number of nitrogens with zero attached hydrogens (tertiary/aromatic N) is 2. The minimum Gasteiger partial charge on any atom is -0.377 e. The second-order valence-electron chi connectivity index (χ2n) is 7.77. The van der Waals surface area contributed by atoms with Crippen LogP contribution in [0.15, 0.2) is 0 Å². The lowest BCUT2D eigenvalue weighted by atomic mass is 9.74. The Kier molecular flexibility index (Phi) is 3.54. The highest BCUT2D eigenvalue weighted by molar-refractivity contribution is 4.98. The summed E-state index contributed by atoms with van der Waals surface area (Å²) in [5.41, 5.74) is 0.896. The molecule has 2 fully saturated rings. The quantitative estimate of drug-likeness (QED) is 0.751. The summed E-state index contributed by atoms with van der Waals surface area (Å²) in [7, 11) is 0. The van der Waals surface area contributed by atoms with E-state index in [2.05, 4.69) is 51.3 Å². The van der Waals surface area contributed by atoms with Crippen LogP contribution in [0.4, 0.5) is 0 Å². The Labute approximate surface area is 112 Å². The van der Waals surface area contributed by atoms with E-state index in [9.17, 15) is 0 Å². The molecule has 0 N–H and O–H groups in total. The van der Waals surface area contributed by atoms with Crippen molar-refractivity contribution in [2.75, 3.05) is 39.4 Å². The van der Waals surface area contributed by atoms with Gasteiger partial charge in [-0.25, -0.2) is 0 Å². The van der Waals surface area contributed by atoms with Crippen LogP contribution in [-0.4, -0.2) is 60.3 Å². The minimum atomic E-state index is 0.260. The van der Waals surface area contributed by atoms with Crippen LogP contribution in [0.3, 0.4) is 0 Å². The molecule has 0 aromatic carbocycles. The summed E-state index contributed by atoms with van der Waals surface area (Å²) in [6, 6.07) is 0. The van der Waals surface area contributed by atoms with Crippen molar-refractivity contribution in [1.82, 2.24) is 9.80 Å². The van der Waals surface area contributed by atoms with Gasteiger partial charge in [0.05, 0.1) is 18.8 Å². The molecule has 3 nitrogen and oxygen atoms in total. The van der Waals surface area contributed by atoms with E-state index in [-0.39, 0.29) is 5.54 Å². The van der Waals surface area contributed by atoms with E-state index >= 15 is 0 Å². The molecule has 0 radical (unpaired) electrons. The van der Waals surface area contributed by atoms with E-state index in [0.717, 1.165) is 13.2 Å². The molecular weight excluding hydrogens is 224 g/mol. The van der Waals surface area contributed by atoms with Gasteiger partial charge in [-0.1, -0.05) is 20.8 Å². The van der Waals surface area contributed by atoms with Gasteiger partial charge in [0.15, 0.2) is 0 Å². The van der Waals surface area contributed by atoms with Gasteiger partial charge in [0, 0.05) is 31.7 Å². The Hall–Kier alpha value is -0.120. The van der Waals surface area contributed by atoms with Gasteiger partial charge < -0.3 is 4.74 Å². The van der Waals surface area contributed by atoms with E-state index < -0.39 is 0 Å². The smallest absolute Gasteiger partial charge is 0.0671 e. The van der Waals surface area contributed by atoms with Crippen molar-refractivity contribution in [1.29, 1.82) is 0 Å². The molecule has 0 aromatic heterocycles. The third kappa shape index (κ3) is 2.33. The van der Waals surface area contributed by atoms with Crippen molar-refractivity contribution in [3.05, 3.63) is 0 Å². The van der Waals surface area contributed by atoms with Crippen molar-refractivity contribution >= 4 is 0 Å². The van der Waals surface area contributed by atoms with Crippen molar-refractivity contribution in [3.8, 4) is 0 Å². The van der Waals surface area contributed by atoms with Crippen LogP contribution in [0, 0.1) is 5.41 Å². The summed E-state index contributed by atoms with van der Waals surface area (Å²) in [5.74, 6) is 0. The van der Waals surface area contributed by atoms with Gasteiger partial charge in [-0.05, 0) is 26.2 Å². The van der Waals surface area contributed by atoms with Gasteiger partial charge >= 0.3 is 0 Å². The fraction of sp³-hybridized carbons (Fsp3) is 1.00.